The van der Waals surface area contributed by atoms with Crippen LogP contribution < -0.4 is 20.1 Å². The first-order valence-corrected chi connectivity index (χ1v) is 6.85. The van der Waals surface area contributed by atoms with E-state index in [9.17, 15) is 9.59 Å². The van der Waals surface area contributed by atoms with Gasteiger partial charge in [0.25, 0.3) is 11.8 Å². The summed E-state index contributed by atoms with van der Waals surface area (Å²) in [5.74, 6) is 0.411. The molecule has 118 valence electrons. The highest BCUT2D eigenvalue weighted by Gasteiger charge is 2.17. The quantitative estimate of drug-likeness (QED) is 0.835. The fraction of sp³-hybridized carbons (Fsp3) is 0.125. The standard InChI is InChI=1S/C16H14N2O5/c1-17-15(19)11(18-16(20)13-3-2-6-21-13)7-10-4-5-12-14(8-10)23-9-22-12/h2-8H,9H2,1H3,(H,17,19)(H,18,20). The molecule has 1 aromatic carbocycles. The smallest absolute Gasteiger partial charge is 0.291 e. The second-order valence-electron chi connectivity index (χ2n) is 4.68. The monoisotopic (exact) mass is 314 g/mol. The average molecular weight is 314 g/mol. The van der Waals surface area contributed by atoms with Crippen LogP contribution >= 0.6 is 0 Å². The van der Waals surface area contributed by atoms with Gasteiger partial charge >= 0.3 is 0 Å². The highest BCUT2D eigenvalue weighted by atomic mass is 16.7. The van der Waals surface area contributed by atoms with E-state index in [0.717, 1.165) is 0 Å². The number of carbonyl (C=O) groups excluding carboxylic acids is 2. The van der Waals surface area contributed by atoms with E-state index in [1.807, 2.05) is 0 Å². The number of fused-ring (bicyclic) bond motifs is 1. The molecule has 3 rings (SSSR count). The van der Waals surface area contributed by atoms with Crippen molar-refractivity contribution >= 4 is 17.9 Å². The molecule has 23 heavy (non-hydrogen) atoms. The summed E-state index contributed by atoms with van der Waals surface area (Å²) >= 11 is 0. The topological polar surface area (TPSA) is 89.8 Å². The Hall–Kier alpha value is -3.22. The van der Waals surface area contributed by atoms with Gasteiger partial charge in [-0.1, -0.05) is 6.07 Å². The minimum absolute atomic E-state index is 0.0905. The summed E-state index contributed by atoms with van der Waals surface area (Å²) in [7, 11) is 1.48. The van der Waals surface area contributed by atoms with Crippen molar-refractivity contribution in [3.8, 4) is 11.5 Å². The highest BCUT2D eigenvalue weighted by molar-refractivity contribution is 6.04. The van der Waals surface area contributed by atoms with Crippen LogP contribution in [0.5, 0.6) is 11.5 Å². The fourth-order valence-electron chi connectivity index (χ4n) is 2.05. The van der Waals surface area contributed by atoms with Crippen molar-refractivity contribution in [3.05, 3.63) is 53.6 Å². The van der Waals surface area contributed by atoms with Crippen LogP contribution in [0.15, 0.2) is 46.7 Å². The molecule has 2 aromatic rings. The van der Waals surface area contributed by atoms with Gasteiger partial charge < -0.3 is 24.5 Å². The third-order valence-corrected chi connectivity index (χ3v) is 3.17. The Kier molecular flexibility index (Phi) is 4.01. The number of amides is 2. The van der Waals surface area contributed by atoms with E-state index in [-0.39, 0.29) is 18.3 Å². The Morgan fingerprint density at radius 1 is 1.17 bits per heavy atom. The first-order chi connectivity index (χ1) is 11.2. The molecule has 0 bridgehead atoms. The minimum Gasteiger partial charge on any atom is -0.459 e. The molecule has 0 atom stereocenters. The molecule has 2 N–H and O–H groups in total. The molecule has 2 amide bonds. The lowest BCUT2D eigenvalue weighted by atomic mass is 10.1. The molecule has 2 heterocycles. The summed E-state index contributed by atoms with van der Waals surface area (Å²) in [5.41, 5.74) is 0.778. The molecule has 1 aliphatic heterocycles. The van der Waals surface area contributed by atoms with Gasteiger partial charge in [-0.05, 0) is 35.9 Å². The van der Waals surface area contributed by atoms with Crippen LogP contribution in [-0.4, -0.2) is 25.7 Å². The number of hydrogen-bond donors (Lipinski definition) is 2. The van der Waals surface area contributed by atoms with Crippen molar-refractivity contribution in [2.45, 2.75) is 0 Å². The number of nitrogens with one attached hydrogen (secondary N) is 2. The van der Waals surface area contributed by atoms with E-state index in [0.29, 0.717) is 17.1 Å². The SMILES string of the molecule is CNC(=O)C(=Cc1ccc2c(c1)OCO2)NC(=O)c1ccco1. The van der Waals surface area contributed by atoms with Crippen molar-refractivity contribution in [1.82, 2.24) is 10.6 Å². The molecule has 0 spiro atoms. The van der Waals surface area contributed by atoms with Crippen LogP contribution in [0.1, 0.15) is 16.1 Å². The Morgan fingerprint density at radius 2 is 2.00 bits per heavy atom. The molecule has 0 radical (unpaired) electrons. The summed E-state index contributed by atoms with van der Waals surface area (Å²) in [4.78, 5) is 24.0. The number of likely N-dealkylation sites (N-methyl/N-ethyl adjacent to an activating group) is 1. The lowest BCUT2D eigenvalue weighted by molar-refractivity contribution is -0.117. The summed E-state index contributed by atoms with van der Waals surface area (Å²) in [6.07, 6.45) is 2.93. The Balaban J connectivity index is 1.86. The molecule has 0 saturated carbocycles. The lowest BCUT2D eigenvalue weighted by Gasteiger charge is -2.08. The molecule has 7 heteroatoms. The van der Waals surface area contributed by atoms with Gasteiger partial charge in [0.15, 0.2) is 17.3 Å². The second-order valence-corrected chi connectivity index (χ2v) is 4.68. The number of benzene rings is 1. The number of furan rings is 1. The molecule has 1 aromatic heterocycles. The van der Waals surface area contributed by atoms with Gasteiger partial charge in [0.2, 0.25) is 6.79 Å². The molecule has 0 unspecified atom stereocenters. The van der Waals surface area contributed by atoms with Crippen LogP contribution in [0.2, 0.25) is 0 Å². The molecule has 0 aliphatic carbocycles. The molecular formula is C16H14N2O5. The number of carbonyl (C=O) groups is 2. The van der Waals surface area contributed by atoms with Gasteiger partial charge in [-0.25, -0.2) is 0 Å². The van der Waals surface area contributed by atoms with Crippen molar-refractivity contribution in [2.75, 3.05) is 13.8 Å². The Labute approximate surface area is 131 Å². The minimum atomic E-state index is -0.509. The maximum atomic E-state index is 12.0. The summed E-state index contributed by atoms with van der Waals surface area (Å²) in [6, 6.07) is 8.33. The van der Waals surface area contributed by atoms with Gasteiger partial charge in [-0.2, -0.15) is 0 Å². The van der Waals surface area contributed by atoms with Gasteiger partial charge in [0.1, 0.15) is 5.70 Å². The number of hydrogen-bond acceptors (Lipinski definition) is 5. The van der Waals surface area contributed by atoms with Crippen molar-refractivity contribution in [2.24, 2.45) is 0 Å². The molecule has 1 aliphatic rings. The van der Waals surface area contributed by atoms with Crippen molar-refractivity contribution < 1.29 is 23.5 Å². The maximum absolute atomic E-state index is 12.0. The number of rotatable bonds is 4. The largest absolute Gasteiger partial charge is 0.459 e. The van der Waals surface area contributed by atoms with E-state index in [4.69, 9.17) is 13.9 Å². The summed E-state index contributed by atoms with van der Waals surface area (Å²) < 4.78 is 15.5. The molecule has 0 fully saturated rings. The first kappa shape index (κ1) is 14.7. The third kappa shape index (κ3) is 3.18. The van der Waals surface area contributed by atoms with Crippen molar-refractivity contribution in [3.63, 3.8) is 0 Å². The van der Waals surface area contributed by atoms with Crippen LogP contribution in [0.25, 0.3) is 6.08 Å². The first-order valence-electron chi connectivity index (χ1n) is 6.85. The predicted octanol–water partition coefficient (Wildman–Crippen LogP) is 1.53. The molecular weight excluding hydrogens is 300 g/mol. The summed E-state index contributed by atoms with van der Waals surface area (Å²) in [6.45, 7) is 0.167. The zero-order valence-electron chi connectivity index (χ0n) is 12.3. The van der Waals surface area contributed by atoms with Crippen LogP contribution in [0.3, 0.4) is 0 Å². The van der Waals surface area contributed by atoms with Gasteiger partial charge in [0.05, 0.1) is 6.26 Å². The Morgan fingerprint density at radius 3 is 2.74 bits per heavy atom. The number of ether oxygens (including phenoxy) is 2. The normalized spacial score (nSPS) is 12.8. The van der Waals surface area contributed by atoms with Crippen LogP contribution in [-0.2, 0) is 4.79 Å². The van der Waals surface area contributed by atoms with Crippen LogP contribution in [0, 0.1) is 0 Å². The summed E-state index contributed by atoms with van der Waals surface area (Å²) in [5, 5.41) is 5.01. The van der Waals surface area contributed by atoms with E-state index in [1.165, 1.54) is 19.4 Å². The van der Waals surface area contributed by atoms with E-state index >= 15 is 0 Å². The molecule has 0 saturated heterocycles. The van der Waals surface area contributed by atoms with E-state index in [1.54, 1.807) is 30.3 Å². The van der Waals surface area contributed by atoms with Gasteiger partial charge in [0, 0.05) is 7.05 Å². The van der Waals surface area contributed by atoms with E-state index in [2.05, 4.69) is 10.6 Å². The highest BCUT2D eigenvalue weighted by Crippen LogP contribution is 2.33. The Bertz CT molecular complexity index is 765. The van der Waals surface area contributed by atoms with Crippen LogP contribution in [0.4, 0.5) is 0 Å². The zero-order chi connectivity index (χ0) is 16.2. The van der Waals surface area contributed by atoms with E-state index < -0.39 is 11.8 Å². The van der Waals surface area contributed by atoms with Crippen molar-refractivity contribution in [1.29, 1.82) is 0 Å². The fourth-order valence-corrected chi connectivity index (χ4v) is 2.05. The van der Waals surface area contributed by atoms with Gasteiger partial charge in [-0.3, -0.25) is 9.59 Å². The molecule has 7 nitrogen and oxygen atoms in total. The average Bonchev–Trinajstić information content (AvgIpc) is 3.24. The second kappa shape index (κ2) is 6.27. The lowest BCUT2D eigenvalue weighted by Crippen LogP contribution is -2.32. The maximum Gasteiger partial charge on any atom is 0.291 e. The third-order valence-electron chi connectivity index (χ3n) is 3.17. The predicted molar refractivity (Wildman–Crippen MR) is 80.8 cm³/mol. The zero-order valence-corrected chi connectivity index (χ0v) is 12.3. The van der Waals surface area contributed by atoms with Gasteiger partial charge in [-0.15, -0.1) is 0 Å².